The Kier molecular flexibility index (Phi) is 4.98. The fourth-order valence-electron chi connectivity index (χ4n) is 1.13. The van der Waals surface area contributed by atoms with Gasteiger partial charge in [0, 0.05) is 38.9 Å². The van der Waals surface area contributed by atoms with Gasteiger partial charge in [-0.25, -0.2) is 4.98 Å². The number of ether oxygens (including phenoxy) is 1. The largest absolute Gasteiger partial charge is 0.476 e. The smallest absolute Gasteiger partial charge is 0.228 e. The van der Waals surface area contributed by atoms with Gasteiger partial charge >= 0.3 is 0 Å². The zero-order chi connectivity index (χ0) is 12.0. The molecular formula is C11H20N4O. The highest BCUT2D eigenvalue weighted by Gasteiger charge is 2.01. The third-order valence-corrected chi connectivity index (χ3v) is 1.92. The van der Waals surface area contributed by atoms with Crippen molar-refractivity contribution in [1.82, 2.24) is 15.3 Å². The van der Waals surface area contributed by atoms with Crippen molar-refractivity contribution in [2.45, 2.75) is 19.9 Å². The first-order chi connectivity index (χ1) is 7.59. The molecule has 0 radical (unpaired) electrons. The zero-order valence-electron chi connectivity index (χ0n) is 10.4. The van der Waals surface area contributed by atoms with Gasteiger partial charge in [-0.05, 0) is 0 Å². The molecule has 0 spiro atoms. The van der Waals surface area contributed by atoms with Gasteiger partial charge in [-0.3, -0.25) is 0 Å². The van der Waals surface area contributed by atoms with Gasteiger partial charge in [-0.15, -0.1) is 0 Å². The summed E-state index contributed by atoms with van der Waals surface area (Å²) in [5, 5.41) is 3.27. The van der Waals surface area contributed by atoms with Crippen LogP contribution < -0.4 is 15.0 Å². The van der Waals surface area contributed by atoms with Crippen LogP contribution in [0.25, 0.3) is 0 Å². The Hall–Kier alpha value is -1.36. The molecule has 0 fully saturated rings. The van der Waals surface area contributed by atoms with Crippen LogP contribution in [-0.4, -0.2) is 43.3 Å². The second-order valence-corrected chi connectivity index (χ2v) is 4.05. The number of nitrogens with one attached hydrogen (secondary N) is 1. The third-order valence-electron chi connectivity index (χ3n) is 1.92. The van der Waals surface area contributed by atoms with Gasteiger partial charge < -0.3 is 15.0 Å². The summed E-state index contributed by atoms with van der Waals surface area (Å²) >= 11 is 0. The first kappa shape index (κ1) is 12.7. The van der Waals surface area contributed by atoms with E-state index in [0.29, 0.717) is 24.5 Å². The second-order valence-electron chi connectivity index (χ2n) is 4.05. The number of anilines is 1. The first-order valence-corrected chi connectivity index (χ1v) is 5.46. The van der Waals surface area contributed by atoms with Crippen LogP contribution in [0.3, 0.4) is 0 Å². The minimum Gasteiger partial charge on any atom is -0.476 e. The Morgan fingerprint density at radius 1 is 1.44 bits per heavy atom. The Morgan fingerprint density at radius 3 is 2.81 bits per heavy atom. The third kappa shape index (κ3) is 4.44. The molecule has 0 aromatic carbocycles. The summed E-state index contributed by atoms with van der Waals surface area (Å²) in [6, 6.07) is 2.24. The van der Waals surface area contributed by atoms with Crippen molar-refractivity contribution in [3.8, 4) is 5.88 Å². The van der Waals surface area contributed by atoms with Crippen molar-refractivity contribution in [3.05, 3.63) is 12.3 Å². The van der Waals surface area contributed by atoms with E-state index in [9.17, 15) is 0 Å². The van der Waals surface area contributed by atoms with Crippen molar-refractivity contribution < 1.29 is 4.74 Å². The van der Waals surface area contributed by atoms with Crippen molar-refractivity contribution in [2.75, 3.05) is 32.1 Å². The summed E-state index contributed by atoms with van der Waals surface area (Å²) in [7, 11) is 3.80. The Balaban J connectivity index is 2.39. The van der Waals surface area contributed by atoms with Crippen LogP contribution >= 0.6 is 0 Å². The van der Waals surface area contributed by atoms with E-state index in [0.717, 1.165) is 6.54 Å². The lowest BCUT2D eigenvalue weighted by Gasteiger charge is -2.12. The minimum atomic E-state index is 0.478. The quantitative estimate of drug-likeness (QED) is 0.728. The van der Waals surface area contributed by atoms with Gasteiger partial charge in [-0.2, -0.15) is 4.98 Å². The number of hydrogen-bond acceptors (Lipinski definition) is 5. The molecule has 0 saturated heterocycles. The van der Waals surface area contributed by atoms with Crippen LogP contribution in [0.2, 0.25) is 0 Å². The molecule has 0 unspecified atom stereocenters. The number of nitrogens with zero attached hydrogens (tertiary/aromatic N) is 3. The van der Waals surface area contributed by atoms with Crippen LogP contribution in [0.15, 0.2) is 12.3 Å². The monoisotopic (exact) mass is 224 g/mol. The molecule has 1 aromatic heterocycles. The molecule has 1 rings (SSSR count). The molecule has 0 aliphatic carbocycles. The van der Waals surface area contributed by atoms with Gasteiger partial charge in [-0.1, -0.05) is 13.8 Å². The first-order valence-electron chi connectivity index (χ1n) is 5.46. The van der Waals surface area contributed by atoms with E-state index in [1.165, 1.54) is 0 Å². The minimum absolute atomic E-state index is 0.478. The summed E-state index contributed by atoms with van der Waals surface area (Å²) in [4.78, 5) is 10.2. The van der Waals surface area contributed by atoms with Crippen molar-refractivity contribution in [3.63, 3.8) is 0 Å². The normalized spacial score (nSPS) is 10.6. The maximum absolute atomic E-state index is 5.51. The summed E-state index contributed by atoms with van der Waals surface area (Å²) in [5.41, 5.74) is 0. The van der Waals surface area contributed by atoms with E-state index in [-0.39, 0.29) is 0 Å². The van der Waals surface area contributed by atoms with Gasteiger partial charge in [0.05, 0.1) is 0 Å². The Bertz CT molecular complexity index is 315. The molecule has 0 aliphatic heterocycles. The molecule has 0 bridgehead atoms. The molecule has 0 atom stereocenters. The lowest BCUT2D eigenvalue weighted by atomic mass is 10.4. The van der Waals surface area contributed by atoms with Crippen molar-refractivity contribution in [1.29, 1.82) is 0 Å². The predicted molar refractivity (Wildman–Crippen MR) is 65.0 cm³/mol. The lowest BCUT2D eigenvalue weighted by Crippen LogP contribution is -2.27. The average molecular weight is 224 g/mol. The number of rotatable bonds is 6. The maximum Gasteiger partial charge on any atom is 0.228 e. The number of hydrogen-bond donors (Lipinski definition) is 1. The molecule has 90 valence electrons. The molecule has 0 saturated carbocycles. The summed E-state index contributed by atoms with van der Waals surface area (Å²) < 4.78 is 5.51. The maximum atomic E-state index is 5.51. The van der Waals surface area contributed by atoms with E-state index in [4.69, 9.17) is 4.74 Å². The van der Waals surface area contributed by atoms with Crippen molar-refractivity contribution in [2.24, 2.45) is 0 Å². The standard InChI is InChI=1S/C11H20N4O/c1-9(2)12-7-8-16-10-5-6-13-11(14-10)15(3)4/h5-6,9,12H,7-8H2,1-4H3. The van der Waals surface area contributed by atoms with E-state index < -0.39 is 0 Å². The molecule has 1 aromatic rings. The summed E-state index contributed by atoms with van der Waals surface area (Å²) in [6.45, 7) is 5.64. The SMILES string of the molecule is CC(C)NCCOc1ccnc(N(C)C)n1. The molecule has 0 amide bonds. The van der Waals surface area contributed by atoms with Crippen LogP contribution in [0, 0.1) is 0 Å². The fraction of sp³-hybridized carbons (Fsp3) is 0.636. The van der Waals surface area contributed by atoms with Crippen LogP contribution in [0.4, 0.5) is 5.95 Å². The highest BCUT2D eigenvalue weighted by atomic mass is 16.5. The molecule has 5 heteroatoms. The Morgan fingerprint density at radius 2 is 2.19 bits per heavy atom. The van der Waals surface area contributed by atoms with Crippen LogP contribution in [0.5, 0.6) is 5.88 Å². The molecule has 16 heavy (non-hydrogen) atoms. The zero-order valence-corrected chi connectivity index (χ0v) is 10.4. The predicted octanol–water partition coefficient (Wildman–Crippen LogP) is 0.919. The molecule has 0 aliphatic rings. The van der Waals surface area contributed by atoms with E-state index in [1.807, 2.05) is 19.0 Å². The second kappa shape index (κ2) is 6.27. The van der Waals surface area contributed by atoms with Crippen molar-refractivity contribution >= 4 is 5.95 Å². The van der Waals surface area contributed by atoms with Gasteiger partial charge in [0.1, 0.15) is 6.61 Å². The summed E-state index contributed by atoms with van der Waals surface area (Å²) in [5.74, 6) is 1.28. The fourth-order valence-corrected chi connectivity index (χ4v) is 1.13. The van der Waals surface area contributed by atoms with Crippen LogP contribution in [0.1, 0.15) is 13.8 Å². The van der Waals surface area contributed by atoms with Gasteiger partial charge in [0.2, 0.25) is 11.8 Å². The highest BCUT2D eigenvalue weighted by molar-refractivity contribution is 5.29. The van der Waals surface area contributed by atoms with Gasteiger partial charge in [0.25, 0.3) is 0 Å². The van der Waals surface area contributed by atoms with Crippen LogP contribution in [-0.2, 0) is 0 Å². The average Bonchev–Trinajstić information content (AvgIpc) is 2.24. The van der Waals surface area contributed by atoms with Gasteiger partial charge in [0.15, 0.2) is 0 Å². The summed E-state index contributed by atoms with van der Waals surface area (Å²) in [6.07, 6.45) is 1.70. The molecular weight excluding hydrogens is 204 g/mol. The Labute approximate surface area is 96.8 Å². The van der Waals surface area contributed by atoms with E-state index in [2.05, 4.69) is 29.1 Å². The molecule has 1 heterocycles. The molecule has 1 N–H and O–H groups in total. The van der Waals surface area contributed by atoms with E-state index in [1.54, 1.807) is 12.3 Å². The van der Waals surface area contributed by atoms with E-state index >= 15 is 0 Å². The molecule has 5 nitrogen and oxygen atoms in total. The highest BCUT2D eigenvalue weighted by Crippen LogP contribution is 2.09. The lowest BCUT2D eigenvalue weighted by molar-refractivity contribution is 0.297. The number of aromatic nitrogens is 2. The topological polar surface area (TPSA) is 50.3 Å².